The zero-order valence-electron chi connectivity index (χ0n) is 13.9. The van der Waals surface area contributed by atoms with E-state index in [1.54, 1.807) is 14.0 Å². The zero-order valence-corrected chi connectivity index (χ0v) is 13.9. The molecule has 4 heteroatoms. The lowest BCUT2D eigenvalue weighted by Crippen LogP contribution is -2.53. The van der Waals surface area contributed by atoms with Crippen LogP contribution in [0.25, 0.3) is 0 Å². The Morgan fingerprint density at radius 3 is 2.24 bits per heavy atom. The van der Waals surface area contributed by atoms with Crippen LogP contribution in [-0.2, 0) is 0 Å². The van der Waals surface area contributed by atoms with Crippen LogP contribution in [-0.4, -0.2) is 48.8 Å². The molecule has 2 rings (SSSR count). The Morgan fingerprint density at radius 1 is 1.14 bits per heavy atom. The van der Waals surface area contributed by atoms with E-state index in [0.717, 1.165) is 43.2 Å². The molecule has 1 saturated heterocycles. The van der Waals surface area contributed by atoms with Gasteiger partial charge >= 0.3 is 0 Å². The van der Waals surface area contributed by atoms with Crippen molar-refractivity contribution in [2.45, 2.75) is 39.3 Å². The number of aliphatic hydroxyl groups excluding tert-OH is 1. The summed E-state index contributed by atoms with van der Waals surface area (Å²) in [6.07, 6.45) is -0.531. The van der Waals surface area contributed by atoms with Gasteiger partial charge in [-0.1, -0.05) is 6.07 Å². The summed E-state index contributed by atoms with van der Waals surface area (Å²) < 4.78 is 5.42. The summed E-state index contributed by atoms with van der Waals surface area (Å²) in [7, 11) is 1.66. The highest BCUT2D eigenvalue weighted by Gasteiger charge is 2.27. The molecule has 1 aliphatic rings. The Labute approximate surface area is 128 Å². The first-order valence-electron chi connectivity index (χ1n) is 7.69. The zero-order chi connectivity index (χ0) is 15.6. The lowest BCUT2D eigenvalue weighted by molar-refractivity contribution is 0.128. The normalized spacial score (nSPS) is 18.7. The fourth-order valence-corrected chi connectivity index (χ4v) is 3.02. The molecule has 1 N–H and O–H groups in total. The van der Waals surface area contributed by atoms with E-state index in [1.165, 1.54) is 0 Å². The van der Waals surface area contributed by atoms with E-state index in [0.29, 0.717) is 0 Å². The number of hydrogen-bond donors (Lipinski definition) is 1. The molecule has 0 saturated carbocycles. The topological polar surface area (TPSA) is 35.9 Å². The first kappa shape index (κ1) is 16.1. The van der Waals surface area contributed by atoms with Gasteiger partial charge in [0.1, 0.15) is 5.75 Å². The Morgan fingerprint density at radius 2 is 1.76 bits per heavy atom. The molecule has 1 aliphatic heterocycles. The van der Waals surface area contributed by atoms with Crippen LogP contribution in [0.2, 0.25) is 0 Å². The van der Waals surface area contributed by atoms with Crippen molar-refractivity contribution in [3.8, 4) is 5.75 Å². The Hall–Kier alpha value is -1.26. The molecule has 1 fully saturated rings. The van der Waals surface area contributed by atoms with E-state index in [4.69, 9.17) is 4.74 Å². The molecule has 1 atom stereocenters. The van der Waals surface area contributed by atoms with Crippen molar-refractivity contribution in [1.29, 1.82) is 0 Å². The van der Waals surface area contributed by atoms with Gasteiger partial charge in [0.05, 0.1) is 13.2 Å². The molecular formula is C17H28N2O2. The van der Waals surface area contributed by atoms with E-state index in [2.05, 4.69) is 36.6 Å². The molecule has 1 aromatic carbocycles. The Kier molecular flexibility index (Phi) is 4.79. The van der Waals surface area contributed by atoms with Crippen LogP contribution in [0.3, 0.4) is 0 Å². The van der Waals surface area contributed by atoms with E-state index in [-0.39, 0.29) is 5.54 Å². The number of anilines is 1. The standard InChI is InChI=1S/C17H28N2O2/c1-13(20)16-14(7-6-8-15(16)21-5)18-9-11-19(12-10-18)17(2,3)4/h6-8,13,20H,9-12H2,1-5H3/t13-/m0/s1. The molecule has 1 aromatic rings. The fraction of sp³-hybridized carbons (Fsp3) is 0.647. The number of aliphatic hydroxyl groups is 1. The van der Waals surface area contributed by atoms with Gasteiger partial charge in [0, 0.05) is 43.0 Å². The second kappa shape index (κ2) is 6.24. The minimum Gasteiger partial charge on any atom is -0.496 e. The lowest BCUT2D eigenvalue weighted by atomic mass is 10.0. The second-order valence-corrected chi connectivity index (χ2v) is 6.71. The average Bonchev–Trinajstić information content (AvgIpc) is 2.45. The summed E-state index contributed by atoms with van der Waals surface area (Å²) in [4.78, 5) is 4.86. The van der Waals surface area contributed by atoms with E-state index in [1.807, 2.05) is 12.1 Å². The maximum absolute atomic E-state index is 10.1. The van der Waals surface area contributed by atoms with Gasteiger partial charge in [-0.2, -0.15) is 0 Å². The molecular weight excluding hydrogens is 264 g/mol. The summed E-state index contributed by atoms with van der Waals surface area (Å²) in [5.41, 5.74) is 2.20. The molecule has 0 radical (unpaired) electrons. The average molecular weight is 292 g/mol. The van der Waals surface area contributed by atoms with Crippen molar-refractivity contribution in [2.75, 3.05) is 38.2 Å². The Bertz CT molecular complexity index is 472. The largest absolute Gasteiger partial charge is 0.496 e. The minimum atomic E-state index is -0.531. The molecule has 118 valence electrons. The van der Waals surface area contributed by atoms with Gasteiger partial charge in [-0.05, 0) is 39.8 Å². The molecule has 0 aliphatic carbocycles. The third-order valence-corrected chi connectivity index (χ3v) is 4.25. The van der Waals surface area contributed by atoms with Crippen LogP contribution in [0.15, 0.2) is 18.2 Å². The van der Waals surface area contributed by atoms with Crippen molar-refractivity contribution in [3.05, 3.63) is 23.8 Å². The number of rotatable bonds is 3. The Balaban J connectivity index is 2.21. The third kappa shape index (κ3) is 3.50. The summed E-state index contributed by atoms with van der Waals surface area (Å²) in [6.45, 7) is 12.6. The first-order chi connectivity index (χ1) is 9.84. The number of nitrogens with zero attached hydrogens (tertiary/aromatic N) is 2. The maximum Gasteiger partial charge on any atom is 0.126 e. The predicted molar refractivity (Wildman–Crippen MR) is 87.2 cm³/mol. The second-order valence-electron chi connectivity index (χ2n) is 6.71. The molecule has 1 heterocycles. The van der Waals surface area contributed by atoms with Crippen molar-refractivity contribution < 1.29 is 9.84 Å². The van der Waals surface area contributed by atoms with Crippen LogP contribution in [0.5, 0.6) is 5.75 Å². The molecule has 0 aromatic heterocycles. The smallest absolute Gasteiger partial charge is 0.126 e. The number of methoxy groups -OCH3 is 1. The van der Waals surface area contributed by atoms with Crippen LogP contribution >= 0.6 is 0 Å². The summed E-state index contributed by atoms with van der Waals surface area (Å²) >= 11 is 0. The van der Waals surface area contributed by atoms with E-state index < -0.39 is 6.10 Å². The molecule has 0 unspecified atom stereocenters. The first-order valence-corrected chi connectivity index (χ1v) is 7.69. The third-order valence-electron chi connectivity index (χ3n) is 4.25. The highest BCUT2D eigenvalue weighted by Crippen LogP contribution is 2.35. The summed E-state index contributed by atoms with van der Waals surface area (Å²) in [6, 6.07) is 5.99. The summed E-state index contributed by atoms with van der Waals surface area (Å²) in [5, 5.41) is 10.1. The van der Waals surface area contributed by atoms with Crippen LogP contribution in [0.1, 0.15) is 39.4 Å². The number of ether oxygens (including phenoxy) is 1. The van der Waals surface area contributed by atoms with Crippen molar-refractivity contribution in [2.24, 2.45) is 0 Å². The molecule has 21 heavy (non-hydrogen) atoms. The molecule has 4 nitrogen and oxygen atoms in total. The van der Waals surface area contributed by atoms with Gasteiger partial charge in [-0.3, -0.25) is 4.90 Å². The predicted octanol–water partition coefficient (Wildman–Crippen LogP) is 2.67. The number of piperazine rings is 1. The van der Waals surface area contributed by atoms with Gasteiger partial charge in [-0.25, -0.2) is 0 Å². The van der Waals surface area contributed by atoms with Crippen LogP contribution in [0, 0.1) is 0 Å². The summed E-state index contributed by atoms with van der Waals surface area (Å²) in [5.74, 6) is 0.765. The number of hydrogen-bond acceptors (Lipinski definition) is 4. The highest BCUT2D eigenvalue weighted by atomic mass is 16.5. The maximum atomic E-state index is 10.1. The number of benzene rings is 1. The molecule has 0 spiro atoms. The van der Waals surface area contributed by atoms with Gasteiger partial charge < -0.3 is 14.7 Å². The van der Waals surface area contributed by atoms with Crippen molar-refractivity contribution in [3.63, 3.8) is 0 Å². The van der Waals surface area contributed by atoms with Crippen molar-refractivity contribution >= 4 is 5.69 Å². The monoisotopic (exact) mass is 292 g/mol. The van der Waals surface area contributed by atoms with Crippen molar-refractivity contribution in [1.82, 2.24) is 4.90 Å². The van der Waals surface area contributed by atoms with Crippen LogP contribution in [0.4, 0.5) is 5.69 Å². The highest BCUT2D eigenvalue weighted by molar-refractivity contribution is 5.60. The lowest BCUT2D eigenvalue weighted by Gasteiger charge is -2.43. The van der Waals surface area contributed by atoms with Gasteiger partial charge in [0.15, 0.2) is 0 Å². The molecule has 0 bridgehead atoms. The van der Waals surface area contributed by atoms with Gasteiger partial charge in [0.2, 0.25) is 0 Å². The van der Waals surface area contributed by atoms with Gasteiger partial charge in [-0.15, -0.1) is 0 Å². The van der Waals surface area contributed by atoms with E-state index in [9.17, 15) is 5.11 Å². The van der Waals surface area contributed by atoms with Crippen LogP contribution < -0.4 is 9.64 Å². The van der Waals surface area contributed by atoms with Gasteiger partial charge in [0.25, 0.3) is 0 Å². The quantitative estimate of drug-likeness (QED) is 0.929. The SMILES string of the molecule is COc1cccc(N2CCN(C(C)(C)C)CC2)c1[C@H](C)O. The molecule has 0 amide bonds. The van der Waals surface area contributed by atoms with E-state index >= 15 is 0 Å². The minimum absolute atomic E-state index is 0.216. The fourth-order valence-electron chi connectivity index (χ4n) is 3.02.